The van der Waals surface area contributed by atoms with E-state index >= 15 is 0 Å². The summed E-state index contributed by atoms with van der Waals surface area (Å²) >= 11 is 0. The largest absolute Gasteiger partial charge is 0.368 e. The molecule has 6 nitrogen and oxygen atoms in total. The molecule has 0 spiro atoms. The Kier molecular flexibility index (Phi) is 2.26. The third-order valence-electron chi connectivity index (χ3n) is 2.56. The minimum Gasteiger partial charge on any atom is -0.368 e. The molecule has 0 atom stereocenters. The van der Waals surface area contributed by atoms with Crippen molar-refractivity contribution < 1.29 is 0 Å². The fourth-order valence-electron chi connectivity index (χ4n) is 1.80. The molecule has 0 amide bonds. The molecule has 6 heteroatoms. The highest BCUT2D eigenvalue weighted by Crippen LogP contribution is 2.22. The number of nitrogens with two attached hydrogens (primary N) is 1. The van der Waals surface area contributed by atoms with E-state index in [1.54, 1.807) is 0 Å². The summed E-state index contributed by atoms with van der Waals surface area (Å²) in [5.41, 5.74) is 6.95. The predicted octanol–water partition coefficient (Wildman–Crippen LogP) is 0.962. The Balaban J connectivity index is 2.45. The first-order chi connectivity index (χ1) is 8.75. The van der Waals surface area contributed by atoms with Crippen molar-refractivity contribution in [2.45, 2.75) is 0 Å². The molecule has 0 aliphatic carbocycles. The summed E-state index contributed by atoms with van der Waals surface area (Å²) < 4.78 is 0. The molecule has 0 radical (unpaired) electrons. The Labute approximate surface area is 102 Å². The van der Waals surface area contributed by atoms with Gasteiger partial charge < -0.3 is 10.7 Å². The lowest BCUT2D eigenvalue weighted by atomic mass is 10.1. The van der Waals surface area contributed by atoms with E-state index in [-0.39, 0.29) is 11.5 Å². The standard InChI is InChI=1S/C12H9N5O/c13-12-16-9(7-4-2-1-3-5-7)8-10(17-12)14-6-15-11(8)18/h1-6H,(H3,13,14,15,16,17,18). The number of benzene rings is 1. The molecule has 0 aliphatic rings. The van der Waals surface area contributed by atoms with Crippen LogP contribution in [-0.4, -0.2) is 19.9 Å². The van der Waals surface area contributed by atoms with E-state index in [1.807, 2.05) is 30.3 Å². The van der Waals surface area contributed by atoms with E-state index in [9.17, 15) is 4.79 Å². The van der Waals surface area contributed by atoms with E-state index in [0.717, 1.165) is 5.56 Å². The summed E-state index contributed by atoms with van der Waals surface area (Å²) in [7, 11) is 0. The molecule has 0 fully saturated rings. The number of nitrogen functional groups attached to an aromatic ring is 1. The molecular formula is C12H9N5O. The first-order valence-corrected chi connectivity index (χ1v) is 5.32. The summed E-state index contributed by atoms with van der Waals surface area (Å²) in [5, 5.41) is 0.345. The Morgan fingerprint density at radius 1 is 1.11 bits per heavy atom. The van der Waals surface area contributed by atoms with E-state index in [4.69, 9.17) is 5.73 Å². The number of nitrogens with zero attached hydrogens (tertiary/aromatic N) is 3. The zero-order valence-corrected chi connectivity index (χ0v) is 9.29. The molecule has 2 heterocycles. The average molecular weight is 239 g/mol. The first-order valence-electron chi connectivity index (χ1n) is 5.32. The van der Waals surface area contributed by atoms with Crippen molar-refractivity contribution >= 4 is 17.0 Å². The van der Waals surface area contributed by atoms with E-state index in [2.05, 4.69) is 19.9 Å². The van der Waals surface area contributed by atoms with Gasteiger partial charge in [-0.2, -0.15) is 4.98 Å². The number of nitrogens with one attached hydrogen (secondary N) is 1. The van der Waals surface area contributed by atoms with Crippen LogP contribution in [0, 0.1) is 0 Å². The number of fused-ring (bicyclic) bond motifs is 1. The molecule has 3 rings (SSSR count). The Bertz CT molecular complexity index is 766. The van der Waals surface area contributed by atoms with Crippen LogP contribution in [0.2, 0.25) is 0 Å². The summed E-state index contributed by atoms with van der Waals surface area (Å²) in [6, 6.07) is 9.33. The van der Waals surface area contributed by atoms with Gasteiger partial charge in [0.2, 0.25) is 5.95 Å². The van der Waals surface area contributed by atoms with Crippen LogP contribution >= 0.6 is 0 Å². The van der Waals surface area contributed by atoms with Crippen molar-refractivity contribution in [3.05, 3.63) is 47.0 Å². The van der Waals surface area contributed by atoms with Crippen LogP contribution < -0.4 is 11.3 Å². The second-order valence-corrected chi connectivity index (χ2v) is 3.73. The van der Waals surface area contributed by atoms with Gasteiger partial charge in [0.15, 0.2) is 5.65 Å². The lowest BCUT2D eigenvalue weighted by Gasteiger charge is -2.04. The number of H-pyrrole nitrogens is 1. The number of anilines is 1. The van der Waals surface area contributed by atoms with Crippen LogP contribution in [0.25, 0.3) is 22.3 Å². The number of hydrogen-bond donors (Lipinski definition) is 2. The van der Waals surface area contributed by atoms with Crippen LogP contribution in [0.4, 0.5) is 5.95 Å². The lowest BCUT2D eigenvalue weighted by molar-refractivity contribution is 1.12. The van der Waals surface area contributed by atoms with Crippen molar-refractivity contribution in [3.8, 4) is 11.3 Å². The average Bonchev–Trinajstić information content (AvgIpc) is 2.39. The third kappa shape index (κ3) is 1.60. The first kappa shape index (κ1) is 10.4. The van der Waals surface area contributed by atoms with Crippen molar-refractivity contribution in [1.29, 1.82) is 0 Å². The van der Waals surface area contributed by atoms with Crippen LogP contribution in [0.1, 0.15) is 0 Å². The minimum absolute atomic E-state index is 0.0967. The smallest absolute Gasteiger partial charge is 0.262 e. The number of hydrogen-bond acceptors (Lipinski definition) is 5. The molecule has 3 N–H and O–H groups in total. The van der Waals surface area contributed by atoms with Gasteiger partial charge >= 0.3 is 0 Å². The number of rotatable bonds is 1. The van der Waals surface area contributed by atoms with E-state index < -0.39 is 0 Å². The van der Waals surface area contributed by atoms with Crippen molar-refractivity contribution in [1.82, 2.24) is 19.9 Å². The Morgan fingerprint density at radius 3 is 2.67 bits per heavy atom. The van der Waals surface area contributed by atoms with Crippen molar-refractivity contribution in [2.75, 3.05) is 5.73 Å². The quantitative estimate of drug-likeness (QED) is 0.659. The monoisotopic (exact) mass is 239 g/mol. The molecule has 0 aliphatic heterocycles. The third-order valence-corrected chi connectivity index (χ3v) is 2.56. The molecule has 2 aromatic heterocycles. The maximum absolute atomic E-state index is 11.9. The lowest BCUT2D eigenvalue weighted by Crippen LogP contribution is -2.11. The number of aromatic nitrogens is 4. The second-order valence-electron chi connectivity index (χ2n) is 3.73. The zero-order valence-electron chi connectivity index (χ0n) is 9.29. The SMILES string of the molecule is Nc1nc(-c2ccccc2)c2c(=O)[nH]cnc2n1. The van der Waals surface area contributed by atoms with E-state index in [0.29, 0.717) is 16.7 Å². The normalized spacial score (nSPS) is 10.7. The highest BCUT2D eigenvalue weighted by Gasteiger charge is 2.12. The van der Waals surface area contributed by atoms with Gasteiger partial charge in [-0.25, -0.2) is 9.97 Å². The zero-order chi connectivity index (χ0) is 12.5. The molecule has 1 aromatic carbocycles. The number of aromatic amines is 1. The molecule has 0 saturated heterocycles. The van der Waals surface area contributed by atoms with Gasteiger partial charge in [0.25, 0.3) is 5.56 Å². The Morgan fingerprint density at radius 2 is 1.89 bits per heavy atom. The fourth-order valence-corrected chi connectivity index (χ4v) is 1.80. The van der Waals surface area contributed by atoms with Gasteiger partial charge in [0.05, 0.1) is 12.0 Å². The molecule has 0 bridgehead atoms. The van der Waals surface area contributed by atoms with Gasteiger partial charge in [-0.15, -0.1) is 0 Å². The Hall–Kier alpha value is -2.76. The summed E-state index contributed by atoms with van der Waals surface area (Å²) in [4.78, 5) is 26.5. The van der Waals surface area contributed by atoms with Crippen LogP contribution in [0.5, 0.6) is 0 Å². The summed E-state index contributed by atoms with van der Waals surface area (Å²) in [6.07, 6.45) is 1.30. The molecule has 88 valence electrons. The highest BCUT2D eigenvalue weighted by atomic mass is 16.1. The predicted molar refractivity (Wildman–Crippen MR) is 67.8 cm³/mol. The van der Waals surface area contributed by atoms with Gasteiger partial charge in [0, 0.05) is 5.56 Å². The molecule has 3 aromatic rings. The maximum atomic E-state index is 11.9. The van der Waals surface area contributed by atoms with Crippen LogP contribution in [-0.2, 0) is 0 Å². The molecule has 0 unspecified atom stereocenters. The van der Waals surface area contributed by atoms with Crippen LogP contribution in [0.3, 0.4) is 0 Å². The second kappa shape index (κ2) is 3.92. The fraction of sp³-hybridized carbons (Fsp3) is 0. The summed E-state index contributed by atoms with van der Waals surface area (Å²) in [6.45, 7) is 0. The van der Waals surface area contributed by atoms with E-state index in [1.165, 1.54) is 6.33 Å². The van der Waals surface area contributed by atoms with Gasteiger partial charge in [0.1, 0.15) is 5.39 Å². The maximum Gasteiger partial charge on any atom is 0.262 e. The molecule has 0 saturated carbocycles. The van der Waals surface area contributed by atoms with Crippen molar-refractivity contribution in [2.24, 2.45) is 0 Å². The summed E-state index contributed by atoms with van der Waals surface area (Å²) in [5.74, 6) is 0.0967. The van der Waals surface area contributed by atoms with Crippen molar-refractivity contribution in [3.63, 3.8) is 0 Å². The van der Waals surface area contributed by atoms with Crippen LogP contribution in [0.15, 0.2) is 41.5 Å². The van der Waals surface area contributed by atoms with Gasteiger partial charge in [-0.05, 0) is 0 Å². The molecule has 18 heavy (non-hydrogen) atoms. The minimum atomic E-state index is -0.279. The van der Waals surface area contributed by atoms with Gasteiger partial charge in [-0.3, -0.25) is 4.79 Å². The topological polar surface area (TPSA) is 97.5 Å². The molecular weight excluding hydrogens is 230 g/mol. The highest BCUT2D eigenvalue weighted by molar-refractivity contribution is 5.89. The van der Waals surface area contributed by atoms with Gasteiger partial charge in [-0.1, -0.05) is 30.3 Å².